The minimum absolute atomic E-state index is 0.167. The third-order valence-electron chi connectivity index (χ3n) is 3.54. The summed E-state index contributed by atoms with van der Waals surface area (Å²) in [6.07, 6.45) is 1.84. The summed E-state index contributed by atoms with van der Waals surface area (Å²) in [6.45, 7) is 1.72. The van der Waals surface area contributed by atoms with Crippen molar-refractivity contribution >= 4 is 0 Å². The Bertz CT molecular complexity index is 682. The summed E-state index contributed by atoms with van der Waals surface area (Å²) in [5.41, 5.74) is -0.983. The van der Waals surface area contributed by atoms with Gasteiger partial charge in [0, 0.05) is 19.0 Å². The molecule has 1 aliphatic rings. The van der Waals surface area contributed by atoms with Gasteiger partial charge in [0.15, 0.2) is 0 Å². The molecule has 0 aromatic carbocycles. The number of hydrogen-bond acceptors (Lipinski definition) is 5. The molecular formula is C15H20N2O5. The summed E-state index contributed by atoms with van der Waals surface area (Å²) < 4.78 is 6.62. The molecule has 2 rings (SSSR count). The molecule has 0 saturated carbocycles. The van der Waals surface area contributed by atoms with E-state index in [1.165, 1.54) is 10.8 Å². The molecule has 120 valence electrons. The Hall–Kier alpha value is -1.88. The molecule has 3 atom stereocenters. The number of hydrogen-bond donors (Lipinski definition) is 3. The first kappa shape index (κ1) is 16.5. The van der Waals surface area contributed by atoms with Crippen LogP contribution in [0.1, 0.15) is 44.4 Å². The predicted molar refractivity (Wildman–Crippen MR) is 79.3 cm³/mol. The second kappa shape index (κ2) is 7.40. The molecule has 0 amide bonds. The van der Waals surface area contributed by atoms with Crippen LogP contribution < -0.4 is 11.2 Å². The van der Waals surface area contributed by atoms with Gasteiger partial charge in [0.25, 0.3) is 5.56 Å². The predicted octanol–water partition coefficient (Wildman–Crippen LogP) is -0.281. The van der Waals surface area contributed by atoms with Gasteiger partial charge in [-0.2, -0.15) is 0 Å². The standard InChI is InChI=1S/C15H20N2O5/c1-2-3-4-5-6-10-8-17(15(21)16-14(10)20)13-7-11(19)12(9-18)22-13/h8,11-13,18-19H,2-4,7,9H2,1H3,(H,16,20,21)/t11-,12+,13+/m0/s1. The van der Waals surface area contributed by atoms with Gasteiger partial charge >= 0.3 is 5.69 Å². The van der Waals surface area contributed by atoms with E-state index in [-0.39, 0.29) is 18.6 Å². The zero-order valence-corrected chi connectivity index (χ0v) is 12.4. The van der Waals surface area contributed by atoms with Gasteiger partial charge in [0.1, 0.15) is 17.9 Å². The zero-order valence-electron chi connectivity index (χ0n) is 12.4. The second-order valence-electron chi connectivity index (χ2n) is 5.23. The van der Waals surface area contributed by atoms with Crippen molar-refractivity contribution in [3.05, 3.63) is 32.6 Å². The van der Waals surface area contributed by atoms with E-state index >= 15 is 0 Å². The van der Waals surface area contributed by atoms with Crippen molar-refractivity contribution in [2.75, 3.05) is 6.61 Å². The van der Waals surface area contributed by atoms with E-state index in [1.807, 2.05) is 0 Å². The fourth-order valence-corrected chi connectivity index (χ4v) is 2.26. The molecule has 0 radical (unpaired) electrons. The molecule has 7 heteroatoms. The van der Waals surface area contributed by atoms with Crippen LogP contribution >= 0.6 is 0 Å². The summed E-state index contributed by atoms with van der Waals surface area (Å²) in [7, 11) is 0. The highest BCUT2D eigenvalue weighted by Gasteiger charge is 2.35. The lowest BCUT2D eigenvalue weighted by molar-refractivity contribution is -0.0459. The number of aliphatic hydroxyl groups excluding tert-OH is 2. The molecule has 2 heterocycles. The Balaban J connectivity index is 2.27. The maximum Gasteiger partial charge on any atom is 0.330 e. The van der Waals surface area contributed by atoms with Gasteiger partial charge in [-0.05, 0) is 6.42 Å². The van der Waals surface area contributed by atoms with Gasteiger partial charge in [-0.25, -0.2) is 4.79 Å². The lowest BCUT2D eigenvalue weighted by Crippen LogP contribution is -2.33. The van der Waals surface area contributed by atoms with Gasteiger partial charge in [-0.1, -0.05) is 25.2 Å². The number of aromatic nitrogens is 2. The fourth-order valence-electron chi connectivity index (χ4n) is 2.26. The number of ether oxygens (including phenoxy) is 1. The van der Waals surface area contributed by atoms with Crippen LogP contribution in [0, 0.1) is 11.8 Å². The first-order valence-electron chi connectivity index (χ1n) is 7.35. The maximum absolute atomic E-state index is 11.9. The maximum atomic E-state index is 11.9. The molecule has 0 unspecified atom stereocenters. The minimum Gasteiger partial charge on any atom is -0.394 e. The Labute approximate surface area is 127 Å². The van der Waals surface area contributed by atoms with Crippen molar-refractivity contribution in [1.29, 1.82) is 0 Å². The van der Waals surface area contributed by atoms with Crippen molar-refractivity contribution in [3.63, 3.8) is 0 Å². The van der Waals surface area contributed by atoms with Crippen molar-refractivity contribution in [2.24, 2.45) is 0 Å². The molecule has 22 heavy (non-hydrogen) atoms. The van der Waals surface area contributed by atoms with E-state index in [9.17, 15) is 14.7 Å². The number of unbranched alkanes of at least 4 members (excludes halogenated alkanes) is 2. The highest BCUT2D eigenvalue weighted by molar-refractivity contribution is 5.29. The SMILES string of the molecule is CCCCC#Cc1cn([C@H]2C[C@H](O)[C@@H](CO)O2)c(=O)[nH]c1=O. The zero-order chi connectivity index (χ0) is 16.1. The Morgan fingerprint density at radius 2 is 2.27 bits per heavy atom. The van der Waals surface area contributed by atoms with Gasteiger partial charge in [-0.3, -0.25) is 14.3 Å². The average Bonchev–Trinajstić information content (AvgIpc) is 2.86. The number of aromatic amines is 1. The van der Waals surface area contributed by atoms with Gasteiger partial charge in [-0.15, -0.1) is 0 Å². The van der Waals surface area contributed by atoms with Crippen molar-refractivity contribution in [3.8, 4) is 11.8 Å². The molecule has 0 spiro atoms. The molecule has 1 aromatic rings. The molecule has 1 aromatic heterocycles. The van der Waals surface area contributed by atoms with Crippen LogP contribution in [0.2, 0.25) is 0 Å². The molecule has 1 saturated heterocycles. The Morgan fingerprint density at radius 3 is 2.91 bits per heavy atom. The minimum atomic E-state index is -0.854. The highest BCUT2D eigenvalue weighted by atomic mass is 16.5. The third-order valence-corrected chi connectivity index (χ3v) is 3.54. The summed E-state index contributed by atoms with van der Waals surface area (Å²) in [5, 5.41) is 18.8. The first-order valence-corrected chi connectivity index (χ1v) is 7.35. The van der Waals surface area contributed by atoms with Crippen LogP contribution in [0.5, 0.6) is 0 Å². The van der Waals surface area contributed by atoms with E-state index in [2.05, 4.69) is 23.7 Å². The van der Waals surface area contributed by atoms with Crippen molar-refractivity contribution in [2.45, 2.75) is 51.0 Å². The molecule has 3 N–H and O–H groups in total. The van der Waals surface area contributed by atoms with Crippen LogP contribution in [-0.4, -0.2) is 38.6 Å². The number of nitrogens with one attached hydrogen (secondary N) is 1. The monoisotopic (exact) mass is 308 g/mol. The number of aliphatic hydroxyl groups is 2. The Kier molecular flexibility index (Phi) is 5.55. The normalized spacial score (nSPS) is 24.0. The number of nitrogens with zero attached hydrogens (tertiary/aromatic N) is 1. The highest BCUT2D eigenvalue weighted by Crippen LogP contribution is 2.27. The van der Waals surface area contributed by atoms with Crippen LogP contribution in [0.15, 0.2) is 15.8 Å². The smallest absolute Gasteiger partial charge is 0.330 e. The van der Waals surface area contributed by atoms with Crippen LogP contribution in [0.4, 0.5) is 0 Å². The van der Waals surface area contributed by atoms with E-state index in [4.69, 9.17) is 9.84 Å². The molecule has 7 nitrogen and oxygen atoms in total. The second-order valence-corrected chi connectivity index (χ2v) is 5.23. The van der Waals surface area contributed by atoms with Gasteiger partial charge in [0.2, 0.25) is 0 Å². The number of H-pyrrole nitrogens is 1. The summed E-state index contributed by atoms with van der Waals surface area (Å²) in [6, 6.07) is 0. The van der Waals surface area contributed by atoms with E-state index in [1.54, 1.807) is 0 Å². The molecule has 0 aliphatic carbocycles. The molecular weight excluding hydrogens is 288 g/mol. The van der Waals surface area contributed by atoms with E-state index in [0.29, 0.717) is 6.42 Å². The molecule has 0 bridgehead atoms. The Morgan fingerprint density at radius 1 is 1.50 bits per heavy atom. The third kappa shape index (κ3) is 3.65. The first-order chi connectivity index (χ1) is 10.6. The topological polar surface area (TPSA) is 105 Å². The van der Waals surface area contributed by atoms with E-state index in [0.717, 1.165) is 12.8 Å². The van der Waals surface area contributed by atoms with Crippen molar-refractivity contribution < 1.29 is 14.9 Å². The largest absolute Gasteiger partial charge is 0.394 e. The van der Waals surface area contributed by atoms with Gasteiger partial charge in [0.05, 0.1) is 12.7 Å². The fraction of sp³-hybridized carbons (Fsp3) is 0.600. The van der Waals surface area contributed by atoms with Crippen LogP contribution in [0.3, 0.4) is 0 Å². The lowest BCUT2D eigenvalue weighted by atomic mass is 10.2. The van der Waals surface area contributed by atoms with Crippen molar-refractivity contribution in [1.82, 2.24) is 9.55 Å². The number of rotatable bonds is 4. The van der Waals surface area contributed by atoms with E-state index < -0.39 is 29.7 Å². The summed E-state index contributed by atoms with van der Waals surface area (Å²) in [5.74, 6) is 5.65. The lowest BCUT2D eigenvalue weighted by Gasteiger charge is -2.14. The molecule has 1 fully saturated rings. The summed E-state index contributed by atoms with van der Waals surface area (Å²) in [4.78, 5) is 25.8. The quantitative estimate of drug-likeness (QED) is 0.524. The average molecular weight is 308 g/mol. The van der Waals surface area contributed by atoms with Crippen LogP contribution in [-0.2, 0) is 4.74 Å². The van der Waals surface area contributed by atoms with Crippen LogP contribution in [0.25, 0.3) is 0 Å². The summed E-state index contributed by atoms with van der Waals surface area (Å²) >= 11 is 0. The van der Waals surface area contributed by atoms with Gasteiger partial charge < -0.3 is 14.9 Å². The molecule has 1 aliphatic heterocycles.